The molecule has 0 aromatic carbocycles. The van der Waals surface area contributed by atoms with Crippen LogP contribution in [0.2, 0.25) is 0 Å². The summed E-state index contributed by atoms with van der Waals surface area (Å²) in [7, 11) is 0. The van der Waals surface area contributed by atoms with Crippen molar-refractivity contribution in [3.05, 3.63) is 0 Å². The Morgan fingerprint density at radius 2 is 1.88 bits per heavy atom. The largest absolute Gasteiger partial charge is 0.352 e. The third-order valence-electron chi connectivity index (χ3n) is 3.90. The Hall–Kier alpha value is -0.570. The first-order valence-corrected chi connectivity index (χ1v) is 6.69. The van der Waals surface area contributed by atoms with Gasteiger partial charge in [-0.1, -0.05) is 13.8 Å². The number of carbonyl (C=O) groups is 1. The Kier molecular flexibility index (Phi) is 3.85. The second-order valence-corrected chi connectivity index (χ2v) is 5.77. The fourth-order valence-corrected chi connectivity index (χ4v) is 3.27. The zero-order valence-electron chi connectivity index (χ0n) is 10.5. The van der Waals surface area contributed by atoms with Gasteiger partial charge in [-0.25, -0.2) is 0 Å². The summed E-state index contributed by atoms with van der Waals surface area (Å²) in [5, 5.41) is 6.48. The highest BCUT2D eigenvalue weighted by atomic mass is 16.2. The lowest BCUT2D eigenvalue weighted by Crippen LogP contribution is -2.47. The van der Waals surface area contributed by atoms with E-state index in [1.54, 1.807) is 0 Å². The van der Waals surface area contributed by atoms with E-state index < -0.39 is 0 Å². The summed E-state index contributed by atoms with van der Waals surface area (Å²) < 4.78 is 0. The van der Waals surface area contributed by atoms with Crippen molar-refractivity contribution in [3.63, 3.8) is 0 Å². The second-order valence-electron chi connectivity index (χ2n) is 5.77. The molecule has 2 N–H and O–H groups in total. The summed E-state index contributed by atoms with van der Waals surface area (Å²) in [6.07, 6.45) is 5.76. The van der Waals surface area contributed by atoms with E-state index in [0.29, 0.717) is 6.04 Å². The SMILES string of the molecule is CC1CC(C)CC(NC(=O)[C@@H]2CCCN2)C1. The van der Waals surface area contributed by atoms with Crippen molar-refractivity contribution in [3.8, 4) is 0 Å². The first-order valence-electron chi connectivity index (χ1n) is 6.69. The molecular formula is C13H24N2O. The molecule has 2 fully saturated rings. The number of rotatable bonds is 2. The Balaban J connectivity index is 1.81. The van der Waals surface area contributed by atoms with Crippen LogP contribution < -0.4 is 10.6 Å². The highest BCUT2D eigenvalue weighted by molar-refractivity contribution is 5.82. The topological polar surface area (TPSA) is 41.1 Å². The Morgan fingerprint density at radius 3 is 2.44 bits per heavy atom. The summed E-state index contributed by atoms with van der Waals surface area (Å²) in [5.74, 6) is 1.74. The lowest BCUT2D eigenvalue weighted by molar-refractivity contribution is -0.123. The molecule has 16 heavy (non-hydrogen) atoms. The van der Waals surface area contributed by atoms with Crippen LogP contribution in [0.25, 0.3) is 0 Å². The third kappa shape index (κ3) is 2.97. The van der Waals surface area contributed by atoms with Gasteiger partial charge in [0.2, 0.25) is 5.91 Å². The molecule has 1 saturated heterocycles. The van der Waals surface area contributed by atoms with Crippen LogP contribution in [0, 0.1) is 11.8 Å². The molecule has 2 aliphatic rings. The van der Waals surface area contributed by atoms with Gasteiger partial charge in [0.1, 0.15) is 0 Å². The average molecular weight is 224 g/mol. The quantitative estimate of drug-likeness (QED) is 0.749. The zero-order chi connectivity index (χ0) is 11.5. The monoisotopic (exact) mass is 224 g/mol. The lowest BCUT2D eigenvalue weighted by atomic mass is 9.80. The van der Waals surface area contributed by atoms with Gasteiger partial charge in [-0.3, -0.25) is 4.79 Å². The molecule has 2 unspecified atom stereocenters. The molecule has 1 amide bonds. The van der Waals surface area contributed by atoms with Gasteiger partial charge < -0.3 is 10.6 Å². The van der Waals surface area contributed by atoms with E-state index in [1.807, 2.05) is 0 Å². The van der Waals surface area contributed by atoms with Gasteiger partial charge in [-0.05, 0) is 50.5 Å². The molecule has 3 nitrogen and oxygen atoms in total. The fourth-order valence-electron chi connectivity index (χ4n) is 3.27. The molecule has 1 saturated carbocycles. The molecule has 1 heterocycles. The van der Waals surface area contributed by atoms with Gasteiger partial charge in [-0.15, -0.1) is 0 Å². The van der Waals surface area contributed by atoms with Crippen LogP contribution in [-0.4, -0.2) is 24.5 Å². The smallest absolute Gasteiger partial charge is 0.237 e. The van der Waals surface area contributed by atoms with E-state index in [-0.39, 0.29) is 11.9 Å². The normalized spacial score (nSPS) is 39.6. The molecular weight excluding hydrogens is 200 g/mol. The molecule has 1 aliphatic heterocycles. The van der Waals surface area contributed by atoms with Crippen LogP contribution >= 0.6 is 0 Å². The van der Waals surface area contributed by atoms with Crippen molar-refractivity contribution >= 4 is 5.91 Å². The number of amides is 1. The van der Waals surface area contributed by atoms with Crippen LogP contribution in [-0.2, 0) is 4.79 Å². The molecule has 3 atom stereocenters. The summed E-state index contributed by atoms with van der Waals surface area (Å²) in [6, 6.07) is 0.487. The zero-order valence-corrected chi connectivity index (χ0v) is 10.5. The molecule has 1 aliphatic carbocycles. The Labute approximate surface area is 98.4 Å². The van der Waals surface area contributed by atoms with Crippen molar-refractivity contribution in [2.75, 3.05) is 6.54 Å². The van der Waals surface area contributed by atoms with Crippen LogP contribution in [0.3, 0.4) is 0 Å². The molecule has 0 aromatic heterocycles. The summed E-state index contributed by atoms with van der Waals surface area (Å²) in [4.78, 5) is 12.0. The maximum absolute atomic E-state index is 12.0. The standard InChI is InChI=1S/C13H24N2O/c1-9-6-10(2)8-11(7-9)15-13(16)12-4-3-5-14-12/h9-12,14H,3-8H2,1-2H3,(H,15,16)/t9?,10?,11?,12-/m0/s1. The minimum atomic E-state index is 0.0764. The lowest BCUT2D eigenvalue weighted by Gasteiger charge is -2.32. The highest BCUT2D eigenvalue weighted by Gasteiger charge is 2.28. The third-order valence-corrected chi connectivity index (χ3v) is 3.90. The summed E-state index contributed by atoms with van der Waals surface area (Å²) in [6.45, 7) is 5.58. The minimum absolute atomic E-state index is 0.0764. The molecule has 0 bridgehead atoms. The number of hydrogen-bond donors (Lipinski definition) is 2. The maximum atomic E-state index is 12.0. The van der Waals surface area contributed by atoms with Crippen LogP contribution in [0.15, 0.2) is 0 Å². The molecule has 92 valence electrons. The molecule has 3 heteroatoms. The summed E-state index contributed by atoms with van der Waals surface area (Å²) >= 11 is 0. The average Bonchev–Trinajstić information content (AvgIpc) is 2.68. The van der Waals surface area contributed by atoms with Crippen LogP contribution in [0.4, 0.5) is 0 Å². The first-order chi connectivity index (χ1) is 7.65. The van der Waals surface area contributed by atoms with E-state index in [4.69, 9.17) is 0 Å². The predicted molar refractivity (Wildman–Crippen MR) is 65.1 cm³/mol. The number of nitrogens with one attached hydrogen (secondary N) is 2. The molecule has 0 aromatic rings. The van der Waals surface area contributed by atoms with Crippen LogP contribution in [0.5, 0.6) is 0 Å². The van der Waals surface area contributed by atoms with Crippen molar-refractivity contribution < 1.29 is 4.79 Å². The van der Waals surface area contributed by atoms with E-state index >= 15 is 0 Å². The van der Waals surface area contributed by atoms with Gasteiger partial charge in [0, 0.05) is 6.04 Å². The highest BCUT2D eigenvalue weighted by Crippen LogP contribution is 2.28. The minimum Gasteiger partial charge on any atom is -0.352 e. The summed E-state index contributed by atoms with van der Waals surface area (Å²) in [5.41, 5.74) is 0. The fraction of sp³-hybridized carbons (Fsp3) is 0.923. The van der Waals surface area contributed by atoms with E-state index in [2.05, 4.69) is 24.5 Å². The van der Waals surface area contributed by atoms with Gasteiger partial charge in [-0.2, -0.15) is 0 Å². The first kappa shape index (κ1) is 11.9. The van der Waals surface area contributed by atoms with E-state index in [1.165, 1.54) is 6.42 Å². The number of hydrogen-bond acceptors (Lipinski definition) is 2. The molecule has 0 spiro atoms. The molecule has 0 radical (unpaired) electrons. The Bertz CT molecular complexity index is 238. The van der Waals surface area contributed by atoms with Gasteiger partial charge >= 0.3 is 0 Å². The van der Waals surface area contributed by atoms with Crippen molar-refractivity contribution in [1.29, 1.82) is 0 Å². The van der Waals surface area contributed by atoms with Gasteiger partial charge in [0.15, 0.2) is 0 Å². The van der Waals surface area contributed by atoms with E-state index in [9.17, 15) is 4.79 Å². The van der Waals surface area contributed by atoms with E-state index in [0.717, 1.165) is 44.1 Å². The van der Waals surface area contributed by atoms with Crippen LogP contribution in [0.1, 0.15) is 46.0 Å². The van der Waals surface area contributed by atoms with Crippen molar-refractivity contribution in [2.24, 2.45) is 11.8 Å². The maximum Gasteiger partial charge on any atom is 0.237 e. The predicted octanol–water partition coefficient (Wildman–Crippen LogP) is 1.68. The van der Waals surface area contributed by atoms with Crippen molar-refractivity contribution in [1.82, 2.24) is 10.6 Å². The second kappa shape index (κ2) is 5.17. The molecule has 2 rings (SSSR count). The Morgan fingerprint density at radius 1 is 1.19 bits per heavy atom. The van der Waals surface area contributed by atoms with Gasteiger partial charge in [0.05, 0.1) is 6.04 Å². The van der Waals surface area contributed by atoms with Crippen molar-refractivity contribution in [2.45, 2.75) is 58.0 Å². The van der Waals surface area contributed by atoms with Gasteiger partial charge in [0.25, 0.3) is 0 Å². The number of carbonyl (C=O) groups excluding carboxylic acids is 1.